The number of hydrogen-bond donors (Lipinski definition) is 0. The Bertz CT molecular complexity index is 736. The summed E-state index contributed by atoms with van der Waals surface area (Å²) in [5.74, 6) is 0.157. The lowest BCUT2D eigenvalue weighted by molar-refractivity contribution is -0.136. The van der Waals surface area contributed by atoms with Crippen molar-refractivity contribution in [3.8, 4) is 6.07 Å². The third-order valence-corrected chi connectivity index (χ3v) is 5.33. The van der Waals surface area contributed by atoms with Crippen LogP contribution >= 0.6 is 0 Å². The van der Waals surface area contributed by atoms with Crippen LogP contribution in [0.1, 0.15) is 29.3 Å². The van der Waals surface area contributed by atoms with Crippen LogP contribution in [0.25, 0.3) is 0 Å². The Labute approximate surface area is 142 Å². The molecule has 2 fully saturated rings. The lowest BCUT2D eigenvalue weighted by atomic mass is 9.78. The van der Waals surface area contributed by atoms with Gasteiger partial charge in [-0.15, -0.1) is 6.58 Å². The van der Waals surface area contributed by atoms with E-state index >= 15 is 0 Å². The Morgan fingerprint density at radius 3 is 3.04 bits per heavy atom. The molecule has 1 aromatic carbocycles. The Morgan fingerprint density at radius 2 is 2.33 bits per heavy atom. The fraction of sp³-hybridized carbons (Fsp3) is 0.421. The number of benzene rings is 1. The molecule has 2 heterocycles. The second-order valence-corrected chi connectivity index (χ2v) is 6.73. The van der Waals surface area contributed by atoms with Crippen molar-refractivity contribution in [2.24, 2.45) is 11.3 Å². The molecule has 2 atom stereocenters. The molecule has 2 saturated heterocycles. The summed E-state index contributed by atoms with van der Waals surface area (Å²) in [6.45, 7) is 8.07. The predicted octanol–water partition coefficient (Wildman–Crippen LogP) is 2.05. The van der Waals surface area contributed by atoms with Gasteiger partial charge in [-0.25, -0.2) is 0 Å². The Hall–Kier alpha value is -2.61. The molecule has 5 heteroatoms. The van der Waals surface area contributed by atoms with E-state index in [0.717, 1.165) is 13.0 Å². The van der Waals surface area contributed by atoms with Gasteiger partial charge in [-0.05, 0) is 30.5 Å². The van der Waals surface area contributed by atoms with E-state index in [-0.39, 0.29) is 17.7 Å². The van der Waals surface area contributed by atoms with Crippen molar-refractivity contribution >= 4 is 11.8 Å². The van der Waals surface area contributed by atoms with Gasteiger partial charge in [0.15, 0.2) is 0 Å². The van der Waals surface area contributed by atoms with E-state index in [2.05, 4.69) is 12.6 Å². The summed E-state index contributed by atoms with van der Waals surface area (Å²) >= 11 is 0. The molecule has 0 aliphatic carbocycles. The first-order valence-corrected chi connectivity index (χ1v) is 8.21. The highest BCUT2D eigenvalue weighted by Gasteiger charge is 2.55. The number of nitriles is 1. The van der Waals surface area contributed by atoms with Crippen molar-refractivity contribution in [3.63, 3.8) is 0 Å². The molecule has 0 unspecified atom stereocenters. The molecule has 0 saturated carbocycles. The number of carbonyl (C=O) groups excluding carboxylic acids is 2. The van der Waals surface area contributed by atoms with Crippen LogP contribution in [0, 0.1) is 22.7 Å². The molecule has 1 aromatic rings. The van der Waals surface area contributed by atoms with Gasteiger partial charge in [0.05, 0.1) is 17.0 Å². The molecular formula is C19H21N3O2. The minimum Gasteiger partial charge on any atom is -0.338 e. The summed E-state index contributed by atoms with van der Waals surface area (Å²) in [6.07, 6.45) is 2.52. The zero-order valence-electron chi connectivity index (χ0n) is 13.9. The summed E-state index contributed by atoms with van der Waals surface area (Å²) in [5, 5.41) is 9.00. The minimum absolute atomic E-state index is 0.106. The molecule has 0 aromatic heterocycles. The van der Waals surface area contributed by atoms with Gasteiger partial charge in [-0.3, -0.25) is 9.59 Å². The second kappa shape index (κ2) is 6.12. The number of likely N-dealkylation sites (tertiary alicyclic amines) is 2. The molecule has 124 valence electrons. The maximum absolute atomic E-state index is 12.8. The van der Waals surface area contributed by atoms with Crippen LogP contribution in [0.2, 0.25) is 0 Å². The van der Waals surface area contributed by atoms with Crippen LogP contribution in [-0.2, 0) is 4.79 Å². The van der Waals surface area contributed by atoms with Crippen molar-refractivity contribution in [1.29, 1.82) is 5.26 Å². The van der Waals surface area contributed by atoms with Gasteiger partial charge in [0.2, 0.25) is 5.91 Å². The van der Waals surface area contributed by atoms with E-state index in [4.69, 9.17) is 5.26 Å². The monoisotopic (exact) mass is 323 g/mol. The normalized spacial score (nSPS) is 26.0. The highest BCUT2D eigenvalue weighted by Crippen LogP contribution is 2.44. The summed E-state index contributed by atoms with van der Waals surface area (Å²) < 4.78 is 0. The molecule has 0 radical (unpaired) electrons. The number of amides is 2. The van der Waals surface area contributed by atoms with Crippen LogP contribution in [0.4, 0.5) is 0 Å². The first-order valence-electron chi connectivity index (χ1n) is 8.21. The zero-order chi connectivity index (χ0) is 17.3. The zero-order valence-corrected chi connectivity index (χ0v) is 13.9. The van der Waals surface area contributed by atoms with Crippen LogP contribution in [0.3, 0.4) is 0 Å². The summed E-state index contributed by atoms with van der Waals surface area (Å²) in [7, 11) is 0. The van der Waals surface area contributed by atoms with Crippen molar-refractivity contribution in [2.45, 2.75) is 13.3 Å². The van der Waals surface area contributed by atoms with Gasteiger partial charge in [0.1, 0.15) is 0 Å². The minimum atomic E-state index is -0.467. The van der Waals surface area contributed by atoms with Gasteiger partial charge in [0, 0.05) is 31.7 Å². The van der Waals surface area contributed by atoms with Gasteiger partial charge < -0.3 is 9.80 Å². The molecule has 2 amide bonds. The van der Waals surface area contributed by atoms with Crippen LogP contribution in [-0.4, -0.2) is 47.8 Å². The molecule has 3 rings (SSSR count). The predicted molar refractivity (Wildman–Crippen MR) is 90.1 cm³/mol. The third-order valence-electron chi connectivity index (χ3n) is 5.33. The van der Waals surface area contributed by atoms with E-state index in [1.54, 1.807) is 35.2 Å². The number of rotatable bonds is 3. The van der Waals surface area contributed by atoms with Crippen LogP contribution < -0.4 is 0 Å². The first kappa shape index (κ1) is 16.3. The maximum Gasteiger partial charge on any atom is 0.253 e. The molecule has 2 aliphatic rings. The molecule has 1 spiro atoms. The molecular weight excluding hydrogens is 302 g/mol. The van der Waals surface area contributed by atoms with Gasteiger partial charge in [-0.2, -0.15) is 5.26 Å². The third kappa shape index (κ3) is 2.48. The Balaban J connectivity index is 1.81. The Morgan fingerprint density at radius 1 is 1.54 bits per heavy atom. The van der Waals surface area contributed by atoms with Crippen molar-refractivity contribution in [1.82, 2.24) is 9.80 Å². The average Bonchev–Trinajstić information content (AvgIpc) is 3.10. The van der Waals surface area contributed by atoms with Gasteiger partial charge in [-0.1, -0.05) is 19.1 Å². The van der Waals surface area contributed by atoms with Crippen LogP contribution in [0.15, 0.2) is 36.9 Å². The molecule has 0 N–H and O–H groups in total. The Kier molecular flexibility index (Phi) is 4.15. The van der Waals surface area contributed by atoms with E-state index in [1.807, 2.05) is 11.8 Å². The topological polar surface area (TPSA) is 64.4 Å². The molecule has 2 aliphatic heterocycles. The van der Waals surface area contributed by atoms with Gasteiger partial charge >= 0.3 is 0 Å². The first-order chi connectivity index (χ1) is 11.5. The van der Waals surface area contributed by atoms with E-state index in [1.165, 1.54) is 0 Å². The average molecular weight is 323 g/mol. The van der Waals surface area contributed by atoms with E-state index in [0.29, 0.717) is 30.8 Å². The quantitative estimate of drug-likeness (QED) is 0.800. The summed E-state index contributed by atoms with van der Waals surface area (Å²) in [6, 6.07) is 8.78. The fourth-order valence-electron chi connectivity index (χ4n) is 3.92. The standard InChI is InChI=1S/C19H21N3O2/c1-3-8-21-9-7-19(18(21)24)13-22(12-14(19)2)17(23)16-6-4-5-15(10-16)11-20/h3-6,10,14H,1,7-9,12-13H2,2H3/t14-,19-/m1/s1. The van der Waals surface area contributed by atoms with Crippen molar-refractivity contribution in [3.05, 3.63) is 48.0 Å². The highest BCUT2D eigenvalue weighted by molar-refractivity contribution is 5.96. The van der Waals surface area contributed by atoms with E-state index in [9.17, 15) is 9.59 Å². The lowest BCUT2D eigenvalue weighted by Crippen LogP contribution is -2.40. The van der Waals surface area contributed by atoms with Crippen molar-refractivity contribution < 1.29 is 9.59 Å². The highest BCUT2D eigenvalue weighted by atomic mass is 16.2. The van der Waals surface area contributed by atoms with Crippen molar-refractivity contribution in [2.75, 3.05) is 26.2 Å². The largest absolute Gasteiger partial charge is 0.338 e. The van der Waals surface area contributed by atoms with Gasteiger partial charge in [0.25, 0.3) is 5.91 Å². The molecule has 24 heavy (non-hydrogen) atoms. The van der Waals surface area contributed by atoms with Crippen LogP contribution in [0.5, 0.6) is 0 Å². The summed E-state index contributed by atoms with van der Waals surface area (Å²) in [4.78, 5) is 29.2. The number of hydrogen-bond acceptors (Lipinski definition) is 3. The molecule has 0 bridgehead atoms. The lowest BCUT2D eigenvalue weighted by Gasteiger charge is -2.26. The SMILES string of the molecule is C=CCN1CC[C@]2(CN(C(=O)c3cccc(C#N)c3)C[C@H]2C)C1=O. The van der Waals surface area contributed by atoms with E-state index < -0.39 is 5.41 Å². The number of carbonyl (C=O) groups is 2. The smallest absolute Gasteiger partial charge is 0.253 e. The fourth-order valence-corrected chi connectivity index (χ4v) is 3.92. The molecule has 5 nitrogen and oxygen atoms in total. The number of nitrogens with zero attached hydrogens (tertiary/aromatic N) is 3. The maximum atomic E-state index is 12.8. The second-order valence-electron chi connectivity index (χ2n) is 6.73. The summed E-state index contributed by atoms with van der Waals surface area (Å²) in [5.41, 5.74) is 0.509.